The molecule has 0 saturated heterocycles. The smallest absolute Gasteiger partial charge is 1.00 e. The number of hydrogen-bond donors (Lipinski definition) is 3. The number of carboxylic acids is 1. The Labute approximate surface area is 990 Å². The van der Waals surface area contributed by atoms with Crippen LogP contribution in [-0.4, -0.2) is 129 Å². The van der Waals surface area contributed by atoms with Gasteiger partial charge in [-0.3, -0.25) is 49.2 Å². The Hall–Kier alpha value is -7.47. The molecule has 9 aromatic rings. The van der Waals surface area contributed by atoms with E-state index in [4.69, 9.17) is 14.6 Å². The number of nitrogens with one attached hydrogen (secondary N) is 2. The van der Waals surface area contributed by atoms with E-state index in [0.717, 1.165) is 205 Å². The van der Waals surface area contributed by atoms with Crippen LogP contribution in [-0.2, 0) is 92.6 Å². The molecule has 4 heterocycles. The number of unbranched alkanes of at least 4 members (excludes halogenated alkanes) is 6. The van der Waals surface area contributed by atoms with E-state index in [2.05, 4.69) is 220 Å². The number of fused-ring (bicyclic) bond motifs is 8. The maximum Gasteiger partial charge on any atom is 1.00 e. The number of carbonyl (C=O) groups excluding carboxylic acids is 4. The zero-order valence-electron chi connectivity index (χ0n) is 87.3. The van der Waals surface area contributed by atoms with Crippen LogP contribution in [0.1, 0.15) is 209 Å². The Balaban J connectivity index is 0.000000334. The first-order chi connectivity index (χ1) is 69.5. The fourth-order valence-corrected chi connectivity index (χ4v) is 19.1. The van der Waals surface area contributed by atoms with Gasteiger partial charge < -0.3 is 68.1 Å². The normalized spacial score (nSPS) is 14.3. The summed E-state index contributed by atoms with van der Waals surface area (Å²) in [6, 6.07) is 65.5. The zero-order chi connectivity index (χ0) is 104. The first-order valence-corrected chi connectivity index (χ1v) is 51.8. The number of para-hydroxylation sites is 5. The van der Waals surface area contributed by atoms with Crippen molar-refractivity contribution in [3.63, 3.8) is 0 Å². The Morgan fingerprint density at radius 3 is 1.60 bits per heavy atom. The number of carboxylic acid groups (broad SMARTS) is 1. The van der Waals surface area contributed by atoms with E-state index in [9.17, 15) is 45.0 Å². The van der Waals surface area contributed by atoms with E-state index in [0.29, 0.717) is 24.5 Å². The van der Waals surface area contributed by atoms with E-state index < -0.39 is 23.9 Å². The summed E-state index contributed by atoms with van der Waals surface area (Å²) >= 11 is 3.80. The Kier molecular flexibility index (Phi) is 61.4. The summed E-state index contributed by atoms with van der Waals surface area (Å²) in [6.07, 6.45) is 31.3. The number of esters is 2. The van der Waals surface area contributed by atoms with Gasteiger partial charge in [0.25, 0.3) is 0 Å². The van der Waals surface area contributed by atoms with Gasteiger partial charge in [-0.2, -0.15) is 31.1 Å². The van der Waals surface area contributed by atoms with Gasteiger partial charge in [-0.15, -0.1) is 12.4 Å². The Bertz CT molecular complexity index is 6020. The molecule has 4 aliphatic heterocycles. The molecular formula is C112H136BrClK2N8O20S4. The number of aliphatic carboxylic acids is 1. The number of carbonyl (C=O) groups is 5. The van der Waals surface area contributed by atoms with Crippen LogP contribution in [0.4, 0.5) is 39.8 Å². The molecule has 1 unspecified atom stereocenters. The molecule has 1 atom stereocenters. The second-order valence-corrected chi connectivity index (χ2v) is 39.6. The number of allylic oxidation sites excluding steroid dienone is 9. The second kappa shape index (κ2) is 69.3. The molecule has 28 nitrogen and oxygen atoms in total. The van der Waals surface area contributed by atoms with Crippen LogP contribution in [0.15, 0.2) is 288 Å². The van der Waals surface area contributed by atoms with Gasteiger partial charge in [0.05, 0.1) is 65.7 Å². The van der Waals surface area contributed by atoms with Gasteiger partial charge in [-0.05, 0) is 211 Å². The van der Waals surface area contributed by atoms with Crippen molar-refractivity contribution in [3.05, 3.63) is 296 Å². The van der Waals surface area contributed by atoms with Crippen molar-refractivity contribution in [2.24, 2.45) is 4.99 Å². The maximum absolute atomic E-state index is 12.6. The summed E-state index contributed by atoms with van der Waals surface area (Å²) in [4.78, 5) is 69.6. The van der Waals surface area contributed by atoms with Crippen LogP contribution in [0.25, 0.3) is 21.5 Å². The fraction of sp³-hybridized carbons (Fsp3) is 0.366. The third-order valence-electron chi connectivity index (χ3n) is 25.4. The number of ether oxygens (including phenoxy) is 2. The fourth-order valence-electron chi connectivity index (χ4n) is 17.4. The van der Waals surface area contributed by atoms with Gasteiger partial charge in [-0.1, -0.05) is 175 Å². The predicted octanol–water partition coefficient (Wildman–Crippen LogP) is 13.3. The molecule has 148 heavy (non-hydrogen) atoms. The van der Waals surface area contributed by atoms with E-state index in [1.54, 1.807) is 17.3 Å². The van der Waals surface area contributed by atoms with Crippen molar-refractivity contribution in [1.29, 1.82) is 0 Å². The molecule has 13 rings (SSSR count). The number of anilines is 3. The first kappa shape index (κ1) is 131. The average Bonchev–Trinajstić information content (AvgIpc) is 1.58. The number of rotatable bonds is 50. The minimum absolute atomic E-state index is 0. The molecular weight excluding hydrogens is 2100 g/mol. The molecule has 9 aromatic carbocycles. The number of halogens is 2. The van der Waals surface area contributed by atoms with Crippen LogP contribution < -0.4 is 161 Å². The van der Waals surface area contributed by atoms with Gasteiger partial charge >= 0.3 is 121 Å². The van der Waals surface area contributed by atoms with Crippen molar-refractivity contribution >= 4 is 175 Å². The van der Waals surface area contributed by atoms with Gasteiger partial charge in [-0.25, -0.2) is 4.79 Å². The minimum atomic E-state index is -1.03. The maximum atomic E-state index is 12.6. The summed E-state index contributed by atoms with van der Waals surface area (Å²) < 4.78 is 35.1. The van der Waals surface area contributed by atoms with Gasteiger partial charge in [0.2, 0.25) is 28.9 Å². The molecule has 4 aliphatic rings. The SMILES string of the molecule is C(/C=C/C=C/Nc1ccccc1)=Nc1ccccc1.C=C1N(CCCCC(=O)NC(CC(=O)OCCCC)C(=O)OCCCC)c2ccccc2C1(C)C.CC(=O)N(/C=C/C=C/C=C/C1=[N+](CCCCSOO[O-])c2ccc3cc(SOO[O-])ccc3c2C1(C)C)c1ccccc1.CC1=[N+](CCCCC(=O)O)c2ccccc2C1(C)C.CC1=[N+](CCCCSOO[O-])c2ccc3cc(SOO[O-])ccc3c2C1(C)C.Cl.[Br-].[K+].[K+]. The monoisotopic (exact) mass is 2230 g/mol. The summed E-state index contributed by atoms with van der Waals surface area (Å²) in [5.74, 6) is -0.805. The third-order valence-corrected chi connectivity index (χ3v) is 27.8. The van der Waals surface area contributed by atoms with Crippen molar-refractivity contribution in [3.8, 4) is 0 Å². The van der Waals surface area contributed by atoms with Gasteiger partial charge in [0, 0.05) is 193 Å². The minimum Gasteiger partial charge on any atom is -1.00 e. The second-order valence-electron chi connectivity index (χ2n) is 36.5. The van der Waals surface area contributed by atoms with Crippen molar-refractivity contribution in [2.45, 2.75) is 224 Å². The number of benzene rings is 9. The summed E-state index contributed by atoms with van der Waals surface area (Å²) in [6.45, 7) is 35.9. The third kappa shape index (κ3) is 39.5. The Morgan fingerprint density at radius 1 is 0.520 bits per heavy atom. The summed E-state index contributed by atoms with van der Waals surface area (Å²) in [7, 11) is 0. The molecule has 0 bridgehead atoms. The van der Waals surface area contributed by atoms with Crippen molar-refractivity contribution in [2.75, 3.05) is 66.0 Å². The quantitative estimate of drug-likeness (QED) is 0.00367. The number of amides is 2. The van der Waals surface area contributed by atoms with Gasteiger partial charge in [0.15, 0.2) is 17.1 Å². The van der Waals surface area contributed by atoms with Gasteiger partial charge in [0.1, 0.15) is 25.7 Å². The van der Waals surface area contributed by atoms with E-state index >= 15 is 0 Å². The molecule has 36 heteroatoms. The topological polar surface area (TPSA) is 342 Å². The van der Waals surface area contributed by atoms with Crippen LogP contribution >= 0.6 is 60.6 Å². The van der Waals surface area contributed by atoms with Crippen LogP contribution in [0.2, 0.25) is 0 Å². The summed E-state index contributed by atoms with van der Waals surface area (Å²) in [5, 5.41) is 72.9. The van der Waals surface area contributed by atoms with Crippen LogP contribution in [0, 0.1) is 0 Å². The standard InChI is InChI=1S/C32H34N2O7S2.C28H42N2O5.C19H23NO6S2.C17H16N2.C16H21NO2.BrH.ClH.2K/c1-24(35)33(26-13-7-6-8-14-26)20-10-5-4-9-15-30-32(2,3)31-28-18-17-27(43-41-39-37)23-25(28)16-19-29(31)34(30)21-11-12-22-42-40-38-36;1-6-8-18-34-26(32)20-23(27(33)35-19-9-7-2)29-25(31)16-12-13-17-30-21(3)28(4,5)22-14-10-11-15-24(22)30;1-13-19(2,3)18-16-8-7-15(28-26-24-22)12-14(16)6-9-17(18)20(13)10-4-5-11-27-25-23-21;1-4-10-16(11-5-1)18-14-8-3-9-15-19-17-12-6-2-7-13-17;1-12-16(2,3)13-8-4-5-9-14(13)17(12)11-7-6-10-15(18)19;;;;/h4-10,13-20,23H,11-12,21-22H2,1-3H3,(H-,36,37);10-11,14-15,23H,3,6-9,12-13,16-20H2,1-2,4-5H3,(H,29,31);6-9,12H,4-5,10-11H2,1-3H3,(H-,21,22);1-15,18H;4-5,8-9H,6-7,10-11H2,1-3H3;2*1H;;/q;;;;;;;2*+1/p-2/b;;;9-3+,14-8+,19-15?;;;;;. The Morgan fingerprint density at radius 2 is 1.02 bits per heavy atom. The molecule has 0 spiro atoms. The molecule has 0 aromatic heterocycles. The van der Waals surface area contributed by atoms with E-state index in [-0.39, 0.29) is 192 Å². The van der Waals surface area contributed by atoms with E-state index in [1.807, 2.05) is 196 Å². The number of hydrogen-bond acceptors (Lipinski definition) is 26. The first-order valence-electron chi connectivity index (χ1n) is 48.5. The van der Waals surface area contributed by atoms with E-state index in [1.165, 1.54) is 63.0 Å². The molecule has 2 amide bonds. The van der Waals surface area contributed by atoms with Crippen molar-refractivity contribution < 1.29 is 231 Å². The van der Waals surface area contributed by atoms with Crippen molar-refractivity contribution in [1.82, 2.24) is 5.32 Å². The van der Waals surface area contributed by atoms with Crippen LogP contribution in [0.5, 0.6) is 0 Å². The molecule has 784 valence electrons. The summed E-state index contributed by atoms with van der Waals surface area (Å²) in [5.41, 5.74) is 17.2. The molecule has 0 radical (unpaired) electrons. The largest absolute Gasteiger partial charge is 1.00 e. The molecule has 0 aliphatic carbocycles. The predicted molar refractivity (Wildman–Crippen MR) is 575 cm³/mol. The van der Waals surface area contributed by atoms with Crippen LogP contribution in [0.3, 0.4) is 0 Å². The number of nitrogens with zero attached hydrogens (tertiary/aromatic N) is 6. The zero-order valence-corrected chi connectivity index (χ0v) is 99.2. The average molecular weight is 2240 g/mol. The molecule has 0 fully saturated rings. The molecule has 3 N–H and O–H groups in total. The molecule has 0 saturated carbocycles. The number of aliphatic imine (C=N–C) groups is 1.